The molecule has 1 amide bonds. The molecule has 7 heteroatoms. The fraction of sp³-hybridized carbons (Fsp3) is 0.588. The first-order chi connectivity index (χ1) is 11.6. The lowest BCUT2D eigenvalue weighted by Gasteiger charge is -2.32. The smallest absolute Gasteiger partial charge is 0.271 e. The molecule has 1 aliphatic rings. The molecule has 2 aromatic rings. The Hall–Kier alpha value is -2.15. The number of aromatic nitrogens is 4. The summed E-state index contributed by atoms with van der Waals surface area (Å²) in [5, 5.41) is 9.76. The van der Waals surface area contributed by atoms with Gasteiger partial charge in [0.2, 0.25) is 0 Å². The topological polar surface area (TPSA) is 78.8 Å². The Kier molecular flexibility index (Phi) is 5.30. The molecule has 130 valence electrons. The first kappa shape index (κ1) is 16.7. The maximum atomic E-state index is 12.0. The molecule has 7 nitrogen and oxygen atoms in total. The molecule has 3 heterocycles. The van der Waals surface area contributed by atoms with Gasteiger partial charge in [0.1, 0.15) is 11.5 Å². The lowest BCUT2D eigenvalue weighted by atomic mass is 9.95. The quantitative estimate of drug-likeness (QED) is 0.841. The number of hydrogen-bond acceptors (Lipinski definition) is 4. The van der Waals surface area contributed by atoms with Crippen molar-refractivity contribution >= 4 is 5.91 Å². The van der Waals surface area contributed by atoms with Gasteiger partial charge in [0, 0.05) is 38.2 Å². The molecule has 3 rings (SSSR count). The molecule has 0 aromatic carbocycles. The van der Waals surface area contributed by atoms with Crippen molar-refractivity contribution in [3.63, 3.8) is 0 Å². The van der Waals surface area contributed by atoms with Crippen LogP contribution in [0.2, 0.25) is 0 Å². The van der Waals surface area contributed by atoms with Crippen molar-refractivity contribution in [3.05, 3.63) is 35.7 Å². The molecule has 0 unspecified atom stereocenters. The maximum absolute atomic E-state index is 12.0. The highest BCUT2D eigenvalue weighted by molar-refractivity contribution is 5.92. The number of nitrogens with one attached hydrogen (secondary N) is 2. The fourth-order valence-corrected chi connectivity index (χ4v) is 3.29. The number of rotatable bonds is 6. The minimum Gasteiger partial charge on any atom is -0.351 e. The lowest BCUT2D eigenvalue weighted by molar-refractivity contribution is 0.0941. The summed E-state index contributed by atoms with van der Waals surface area (Å²) in [6, 6.07) is 1.77. The van der Waals surface area contributed by atoms with Crippen LogP contribution in [0.1, 0.15) is 41.3 Å². The van der Waals surface area contributed by atoms with Crippen molar-refractivity contribution in [3.8, 4) is 0 Å². The Morgan fingerprint density at radius 1 is 1.50 bits per heavy atom. The number of aromatic amines is 1. The molecule has 0 bridgehead atoms. The zero-order valence-corrected chi connectivity index (χ0v) is 14.5. The first-order valence-corrected chi connectivity index (χ1v) is 8.60. The van der Waals surface area contributed by atoms with E-state index in [0.29, 0.717) is 18.2 Å². The number of hydrogen-bond donors (Lipinski definition) is 2. The van der Waals surface area contributed by atoms with Crippen LogP contribution >= 0.6 is 0 Å². The van der Waals surface area contributed by atoms with Gasteiger partial charge in [0.05, 0.1) is 6.54 Å². The standard InChI is InChI=1S/C17H26N6O/c1-13-10-15(21-20-13)17(24)19-6-5-14-4-3-8-23(11-14)12-16-18-7-9-22(16)2/h7,9-10,14H,3-6,8,11-12H2,1-2H3,(H,19,24)(H,20,21)/t14-/m0/s1. The summed E-state index contributed by atoms with van der Waals surface area (Å²) in [6.07, 6.45) is 7.29. The highest BCUT2D eigenvalue weighted by atomic mass is 16.1. The zero-order chi connectivity index (χ0) is 16.9. The van der Waals surface area contributed by atoms with Crippen LogP contribution in [0.15, 0.2) is 18.5 Å². The second-order valence-corrected chi connectivity index (χ2v) is 6.68. The van der Waals surface area contributed by atoms with Crippen LogP contribution < -0.4 is 5.32 Å². The Labute approximate surface area is 142 Å². The van der Waals surface area contributed by atoms with E-state index in [9.17, 15) is 4.79 Å². The summed E-state index contributed by atoms with van der Waals surface area (Å²) < 4.78 is 2.08. The van der Waals surface area contributed by atoms with E-state index in [1.807, 2.05) is 26.4 Å². The second-order valence-electron chi connectivity index (χ2n) is 6.68. The van der Waals surface area contributed by atoms with Gasteiger partial charge >= 0.3 is 0 Å². The average molecular weight is 330 g/mol. The van der Waals surface area contributed by atoms with Gasteiger partial charge in [-0.3, -0.25) is 14.8 Å². The molecule has 24 heavy (non-hydrogen) atoms. The largest absolute Gasteiger partial charge is 0.351 e. The van der Waals surface area contributed by atoms with Crippen molar-refractivity contribution in [1.29, 1.82) is 0 Å². The Morgan fingerprint density at radius 3 is 3.08 bits per heavy atom. The predicted octanol–water partition coefficient (Wildman–Crippen LogP) is 1.48. The first-order valence-electron chi connectivity index (χ1n) is 8.60. The van der Waals surface area contributed by atoms with Crippen LogP contribution in [0.5, 0.6) is 0 Å². The Morgan fingerprint density at radius 2 is 2.38 bits per heavy atom. The van der Waals surface area contributed by atoms with Gasteiger partial charge in [-0.15, -0.1) is 0 Å². The SMILES string of the molecule is Cc1cc(C(=O)NCC[C@@H]2CCCN(Cc3nccn3C)C2)n[nH]1. The summed E-state index contributed by atoms with van der Waals surface area (Å²) in [5.41, 5.74) is 1.37. The molecule has 0 saturated carbocycles. The molecule has 1 atom stereocenters. The van der Waals surface area contributed by atoms with Gasteiger partial charge in [0.15, 0.2) is 0 Å². The van der Waals surface area contributed by atoms with E-state index in [4.69, 9.17) is 0 Å². The normalized spacial score (nSPS) is 18.7. The van der Waals surface area contributed by atoms with Gasteiger partial charge in [-0.25, -0.2) is 4.98 Å². The summed E-state index contributed by atoms with van der Waals surface area (Å²) in [4.78, 5) is 18.9. The van der Waals surface area contributed by atoms with Crippen molar-refractivity contribution in [2.24, 2.45) is 13.0 Å². The number of H-pyrrole nitrogens is 1. The number of carbonyl (C=O) groups excluding carboxylic acids is 1. The monoisotopic (exact) mass is 330 g/mol. The molecule has 2 N–H and O–H groups in total. The number of nitrogens with zero attached hydrogens (tertiary/aromatic N) is 4. The van der Waals surface area contributed by atoms with Gasteiger partial charge in [0.25, 0.3) is 5.91 Å². The van der Waals surface area contributed by atoms with E-state index in [1.54, 1.807) is 6.07 Å². The van der Waals surface area contributed by atoms with Gasteiger partial charge in [-0.2, -0.15) is 5.10 Å². The average Bonchev–Trinajstić information content (AvgIpc) is 3.17. The number of carbonyl (C=O) groups is 1. The minimum atomic E-state index is -0.0972. The third kappa shape index (κ3) is 4.23. The van der Waals surface area contributed by atoms with Crippen molar-refractivity contribution in [2.45, 2.75) is 32.7 Å². The molecular weight excluding hydrogens is 304 g/mol. The van der Waals surface area contributed by atoms with E-state index < -0.39 is 0 Å². The summed E-state index contributed by atoms with van der Waals surface area (Å²) in [6.45, 7) is 5.69. The van der Waals surface area contributed by atoms with Crippen LogP contribution in [0, 0.1) is 12.8 Å². The lowest BCUT2D eigenvalue weighted by Crippen LogP contribution is -2.37. The van der Waals surface area contributed by atoms with Crippen molar-refractivity contribution in [1.82, 2.24) is 30.0 Å². The van der Waals surface area contributed by atoms with Gasteiger partial charge in [-0.05, 0) is 44.7 Å². The molecule has 0 spiro atoms. The number of likely N-dealkylation sites (tertiary alicyclic amines) is 1. The minimum absolute atomic E-state index is 0.0972. The molecule has 1 fully saturated rings. The number of amides is 1. The highest BCUT2D eigenvalue weighted by Crippen LogP contribution is 2.20. The van der Waals surface area contributed by atoms with Gasteiger partial charge < -0.3 is 9.88 Å². The molecule has 1 aliphatic heterocycles. The van der Waals surface area contributed by atoms with E-state index in [0.717, 1.165) is 37.6 Å². The Balaban J connectivity index is 1.42. The highest BCUT2D eigenvalue weighted by Gasteiger charge is 2.21. The maximum Gasteiger partial charge on any atom is 0.271 e. The van der Waals surface area contributed by atoms with E-state index >= 15 is 0 Å². The van der Waals surface area contributed by atoms with Gasteiger partial charge in [-0.1, -0.05) is 0 Å². The summed E-state index contributed by atoms with van der Waals surface area (Å²) >= 11 is 0. The fourth-order valence-electron chi connectivity index (χ4n) is 3.29. The molecule has 0 aliphatic carbocycles. The third-order valence-electron chi connectivity index (χ3n) is 4.67. The van der Waals surface area contributed by atoms with Crippen molar-refractivity contribution in [2.75, 3.05) is 19.6 Å². The number of aryl methyl sites for hydroxylation is 2. The third-order valence-corrected chi connectivity index (χ3v) is 4.67. The van der Waals surface area contributed by atoms with E-state index in [1.165, 1.54) is 12.8 Å². The van der Waals surface area contributed by atoms with E-state index in [-0.39, 0.29) is 5.91 Å². The molecular formula is C17H26N6O. The zero-order valence-electron chi connectivity index (χ0n) is 14.5. The summed E-state index contributed by atoms with van der Waals surface area (Å²) in [7, 11) is 2.04. The van der Waals surface area contributed by atoms with Crippen LogP contribution in [-0.2, 0) is 13.6 Å². The number of piperidine rings is 1. The summed E-state index contributed by atoms with van der Waals surface area (Å²) in [5.74, 6) is 1.64. The van der Waals surface area contributed by atoms with E-state index in [2.05, 4.69) is 30.0 Å². The second kappa shape index (κ2) is 7.61. The molecule has 2 aromatic heterocycles. The Bertz CT molecular complexity index is 676. The molecule has 1 saturated heterocycles. The van der Waals surface area contributed by atoms with Crippen LogP contribution in [-0.4, -0.2) is 50.2 Å². The predicted molar refractivity (Wildman–Crippen MR) is 91.5 cm³/mol. The van der Waals surface area contributed by atoms with Crippen LogP contribution in [0.3, 0.4) is 0 Å². The number of imidazole rings is 1. The van der Waals surface area contributed by atoms with Crippen molar-refractivity contribution < 1.29 is 4.79 Å². The van der Waals surface area contributed by atoms with Crippen LogP contribution in [0.4, 0.5) is 0 Å². The molecule has 0 radical (unpaired) electrons. The van der Waals surface area contributed by atoms with Crippen LogP contribution in [0.25, 0.3) is 0 Å².